The Morgan fingerprint density at radius 2 is 1.75 bits per heavy atom. The summed E-state index contributed by atoms with van der Waals surface area (Å²) in [5.74, 6) is 0.618. The monoisotopic (exact) mass is 224 g/mol. The molecule has 0 atom stereocenters. The quantitative estimate of drug-likeness (QED) is 0.708. The van der Waals surface area contributed by atoms with Crippen LogP contribution < -0.4 is 0 Å². The lowest BCUT2D eigenvalue weighted by molar-refractivity contribution is 0.866. The highest BCUT2D eigenvalue weighted by molar-refractivity contribution is 9.11. The first kappa shape index (κ1) is 9.53. The average molecular weight is 225 g/mol. The molecule has 1 aromatic rings. The molecule has 0 spiro atoms. The van der Waals surface area contributed by atoms with Gasteiger partial charge in [-0.05, 0) is 28.1 Å². The predicted octanol–water partition coefficient (Wildman–Crippen LogP) is 4.18. The summed E-state index contributed by atoms with van der Waals surface area (Å²) in [6.07, 6.45) is 2.03. The van der Waals surface area contributed by atoms with Crippen molar-refractivity contribution in [1.29, 1.82) is 0 Å². The van der Waals surface area contributed by atoms with E-state index in [9.17, 15) is 0 Å². The molecule has 0 saturated heterocycles. The van der Waals surface area contributed by atoms with Crippen LogP contribution in [-0.2, 0) is 0 Å². The van der Waals surface area contributed by atoms with Gasteiger partial charge in [-0.1, -0.05) is 54.0 Å². The van der Waals surface area contributed by atoms with E-state index in [2.05, 4.69) is 54.0 Å². The molecule has 12 heavy (non-hydrogen) atoms. The maximum atomic E-state index is 3.25. The van der Waals surface area contributed by atoms with E-state index in [4.69, 9.17) is 0 Å². The first-order chi connectivity index (χ1) is 5.74. The minimum absolute atomic E-state index is 0.618. The van der Waals surface area contributed by atoms with E-state index in [-0.39, 0.29) is 0 Å². The molecule has 0 aliphatic heterocycles. The third-order valence-electron chi connectivity index (χ3n) is 1.86. The van der Waals surface area contributed by atoms with Crippen molar-refractivity contribution in [3.63, 3.8) is 0 Å². The maximum absolute atomic E-state index is 3.25. The van der Waals surface area contributed by atoms with Crippen LogP contribution in [0.2, 0.25) is 0 Å². The fourth-order valence-corrected chi connectivity index (χ4v) is 1.37. The van der Waals surface area contributed by atoms with Crippen molar-refractivity contribution in [1.82, 2.24) is 0 Å². The van der Waals surface area contributed by atoms with Gasteiger partial charge in [-0.3, -0.25) is 0 Å². The van der Waals surface area contributed by atoms with E-state index in [1.807, 2.05) is 11.1 Å². The summed E-state index contributed by atoms with van der Waals surface area (Å²) >= 11 is 3.25. The average Bonchev–Trinajstić information content (AvgIpc) is 2.06. The molecule has 0 saturated carbocycles. The minimum Gasteiger partial charge on any atom is -0.0595 e. The molecule has 0 fully saturated rings. The Bertz CT molecular complexity index is 257. The van der Waals surface area contributed by atoms with Gasteiger partial charge < -0.3 is 0 Å². The van der Waals surface area contributed by atoms with Crippen molar-refractivity contribution >= 4 is 22.0 Å². The van der Waals surface area contributed by atoms with Crippen LogP contribution in [0.1, 0.15) is 30.9 Å². The minimum atomic E-state index is 0.618. The Morgan fingerprint density at radius 1 is 1.17 bits per heavy atom. The van der Waals surface area contributed by atoms with Crippen molar-refractivity contribution in [3.8, 4) is 0 Å². The topological polar surface area (TPSA) is 0 Å². The summed E-state index contributed by atoms with van der Waals surface area (Å²) in [7, 11) is 0. The van der Waals surface area contributed by atoms with Gasteiger partial charge in [0.1, 0.15) is 0 Å². The van der Waals surface area contributed by atoms with Crippen molar-refractivity contribution in [2.45, 2.75) is 19.8 Å². The van der Waals surface area contributed by atoms with Gasteiger partial charge in [0, 0.05) is 0 Å². The van der Waals surface area contributed by atoms with Crippen molar-refractivity contribution in [2.75, 3.05) is 0 Å². The highest BCUT2D eigenvalue weighted by atomic mass is 79.9. The lowest BCUT2D eigenvalue weighted by Crippen LogP contribution is -1.85. The summed E-state index contributed by atoms with van der Waals surface area (Å²) in [5, 5.41) is 0. The van der Waals surface area contributed by atoms with E-state index in [1.54, 1.807) is 0 Å². The summed E-state index contributed by atoms with van der Waals surface area (Å²) in [5.41, 5.74) is 2.62. The number of benzene rings is 1. The molecule has 0 bridgehead atoms. The largest absolute Gasteiger partial charge is 0.0595 e. The molecular weight excluding hydrogens is 212 g/mol. The second kappa shape index (κ2) is 4.46. The molecular formula is C11H13Br. The van der Waals surface area contributed by atoms with Crippen molar-refractivity contribution < 1.29 is 0 Å². The number of hydrogen-bond acceptors (Lipinski definition) is 0. The van der Waals surface area contributed by atoms with Crippen LogP contribution in [0.5, 0.6) is 0 Å². The summed E-state index contributed by atoms with van der Waals surface area (Å²) < 4.78 is 0. The molecule has 0 unspecified atom stereocenters. The highest BCUT2D eigenvalue weighted by Gasteiger charge is 1.96. The zero-order valence-electron chi connectivity index (χ0n) is 7.42. The number of hydrogen-bond donors (Lipinski definition) is 0. The third kappa shape index (κ3) is 2.49. The molecule has 0 nitrogen and oxygen atoms in total. The van der Waals surface area contributed by atoms with E-state index >= 15 is 0 Å². The maximum Gasteiger partial charge on any atom is -0.0183 e. The Kier molecular flexibility index (Phi) is 3.54. The van der Waals surface area contributed by atoms with Crippen LogP contribution >= 0.6 is 15.9 Å². The molecule has 0 aromatic heterocycles. The van der Waals surface area contributed by atoms with E-state index in [0.717, 1.165) is 0 Å². The van der Waals surface area contributed by atoms with Crippen LogP contribution in [0.25, 0.3) is 6.08 Å². The molecule has 1 aromatic carbocycles. The van der Waals surface area contributed by atoms with E-state index in [1.165, 1.54) is 11.1 Å². The van der Waals surface area contributed by atoms with Crippen molar-refractivity contribution in [2.24, 2.45) is 0 Å². The smallest absolute Gasteiger partial charge is 0.0183 e. The summed E-state index contributed by atoms with van der Waals surface area (Å²) in [6, 6.07) is 8.61. The molecule has 64 valence electrons. The second-order valence-corrected chi connectivity index (χ2v) is 3.64. The second-order valence-electron chi connectivity index (χ2n) is 3.11. The van der Waals surface area contributed by atoms with Gasteiger partial charge in [0.25, 0.3) is 0 Å². The van der Waals surface area contributed by atoms with Gasteiger partial charge >= 0.3 is 0 Å². The van der Waals surface area contributed by atoms with Gasteiger partial charge in [0.2, 0.25) is 0 Å². The van der Waals surface area contributed by atoms with Crippen LogP contribution in [0.15, 0.2) is 29.3 Å². The van der Waals surface area contributed by atoms with Gasteiger partial charge in [0.05, 0.1) is 0 Å². The molecule has 0 amide bonds. The normalized spacial score (nSPS) is 11.3. The first-order valence-electron chi connectivity index (χ1n) is 4.10. The van der Waals surface area contributed by atoms with E-state index < -0.39 is 0 Å². The zero-order chi connectivity index (χ0) is 8.97. The SMILES string of the molecule is CC(C)c1ccc(/C=C/Br)cc1. The fraction of sp³-hybridized carbons (Fsp3) is 0.273. The van der Waals surface area contributed by atoms with E-state index in [0.29, 0.717) is 5.92 Å². The Labute approximate surface area is 82.4 Å². The Hall–Kier alpha value is -0.560. The standard InChI is InChI=1S/C11H13Br/c1-9(2)11-5-3-10(4-6-11)7-8-12/h3-9H,1-2H3/b8-7+. The Morgan fingerprint density at radius 3 is 2.17 bits per heavy atom. The molecule has 0 heterocycles. The molecule has 0 aliphatic carbocycles. The van der Waals surface area contributed by atoms with Crippen LogP contribution in [0.3, 0.4) is 0 Å². The molecule has 0 radical (unpaired) electrons. The van der Waals surface area contributed by atoms with Gasteiger partial charge in [0.15, 0.2) is 0 Å². The lowest BCUT2D eigenvalue weighted by atomic mass is 10.0. The molecule has 1 rings (SSSR count). The molecule has 1 heteroatoms. The summed E-state index contributed by atoms with van der Waals surface area (Å²) in [6.45, 7) is 4.41. The van der Waals surface area contributed by atoms with Crippen LogP contribution in [0.4, 0.5) is 0 Å². The molecule has 0 N–H and O–H groups in total. The van der Waals surface area contributed by atoms with Crippen LogP contribution in [-0.4, -0.2) is 0 Å². The van der Waals surface area contributed by atoms with Gasteiger partial charge in [-0.25, -0.2) is 0 Å². The molecule has 0 aliphatic rings. The van der Waals surface area contributed by atoms with Crippen LogP contribution in [0, 0.1) is 0 Å². The Balaban J connectivity index is 2.85. The fourth-order valence-electron chi connectivity index (χ4n) is 1.06. The zero-order valence-corrected chi connectivity index (χ0v) is 9.01. The summed E-state index contributed by atoms with van der Waals surface area (Å²) in [4.78, 5) is 1.87. The lowest BCUT2D eigenvalue weighted by Gasteiger charge is -2.04. The van der Waals surface area contributed by atoms with Gasteiger partial charge in [-0.15, -0.1) is 0 Å². The number of rotatable bonds is 2. The predicted molar refractivity (Wildman–Crippen MR) is 58.5 cm³/mol. The highest BCUT2D eigenvalue weighted by Crippen LogP contribution is 2.15. The third-order valence-corrected chi connectivity index (χ3v) is 2.12. The van der Waals surface area contributed by atoms with Crippen molar-refractivity contribution in [3.05, 3.63) is 40.4 Å². The number of halogens is 1. The van der Waals surface area contributed by atoms with Gasteiger partial charge in [-0.2, -0.15) is 0 Å². The first-order valence-corrected chi connectivity index (χ1v) is 5.02.